The summed E-state index contributed by atoms with van der Waals surface area (Å²) in [5.74, 6) is 0.0434. The Bertz CT molecular complexity index is 523. The van der Waals surface area contributed by atoms with Crippen molar-refractivity contribution in [1.82, 2.24) is 0 Å². The Labute approximate surface area is 114 Å². The predicted octanol–water partition coefficient (Wildman–Crippen LogP) is 4.29. The van der Waals surface area contributed by atoms with Crippen molar-refractivity contribution in [3.63, 3.8) is 0 Å². The summed E-state index contributed by atoms with van der Waals surface area (Å²) < 4.78 is 18.9. The third kappa shape index (κ3) is 3.06. The number of nitrogens with two attached hydrogens (primary N) is 1. The molecule has 2 aromatic carbocycles. The molecule has 0 aromatic heterocycles. The van der Waals surface area contributed by atoms with Gasteiger partial charge in [-0.25, -0.2) is 4.39 Å². The summed E-state index contributed by atoms with van der Waals surface area (Å²) in [5, 5.41) is 0.958. The van der Waals surface area contributed by atoms with Gasteiger partial charge in [-0.2, -0.15) is 0 Å². The van der Waals surface area contributed by atoms with E-state index in [1.807, 2.05) is 0 Å². The first-order valence-corrected chi connectivity index (χ1v) is 5.93. The largest absolute Gasteiger partial charge is 0.487 e. The molecule has 0 fully saturated rings. The molecule has 0 amide bonds. The number of hydrogen-bond acceptors (Lipinski definition) is 2. The Hall–Kier alpha value is -1.45. The minimum Gasteiger partial charge on any atom is -0.487 e. The zero-order valence-corrected chi connectivity index (χ0v) is 10.8. The fourth-order valence-corrected chi connectivity index (χ4v) is 1.80. The number of ether oxygens (including phenoxy) is 1. The highest BCUT2D eigenvalue weighted by molar-refractivity contribution is 6.31. The van der Waals surface area contributed by atoms with Gasteiger partial charge in [-0.3, -0.25) is 0 Å². The van der Waals surface area contributed by atoms with Crippen molar-refractivity contribution in [1.29, 1.82) is 0 Å². The Morgan fingerprint density at radius 1 is 1.06 bits per heavy atom. The van der Waals surface area contributed by atoms with Crippen molar-refractivity contribution in [2.45, 2.75) is 6.61 Å². The van der Waals surface area contributed by atoms with Crippen LogP contribution < -0.4 is 10.5 Å². The van der Waals surface area contributed by atoms with Crippen LogP contribution in [0.25, 0.3) is 0 Å². The second kappa shape index (κ2) is 5.46. The molecule has 5 heteroatoms. The molecule has 2 nitrogen and oxygen atoms in total. The average Bonchev–Trinajstić information content (AvgIpc) is 2.34. The van der Waals surface area contributed by atoms with Gasteiger partial charge in [0, 0.05) is 21.7 Å². The summed E-state index contributed by atoms with van der Waals surface area (Å²) in [6, 6.07) is 9.16. The second-order valence-corrected chi connectivity index (χ2v) is 4.58. The number of halogens is 3. The third-order valence-corrected chi connectivity index (χ3v) is 2.84. The molecule has 0 radical (unpaired) electrons. The zero-order valence-electron chi connectivity index (χ0n) is 9.29. The van der Waals surface area contributed by atoms with Crippen LogP contribution in [0, 0.1) is 5.82 Å². The van der Waals surface area contributed by atoms with Crippen molar-refractivity contribution in [3.8, 4) is 5.75 Å². The minimum atomic E-state index is -0.375. The van der Waals surface area contributed by atoms with Gasteiger partial charge in [-0.1, -0.05) is 23.2 Å². The number of benzene rings is 2. The summed E-state index contributed by atoms with van der Waals surface area (Å²) in [4.78, 5) is 0. The van der Waals surface area contributed by atoms with E-state index < -0.39 is 0 Å². The van der Waals surface area contributed by atoms with Gasteiger partial charge in [0.25, 0.3) is 0 Å². The number of hydrogen-bond donors (Lipinski definition) is 1. The zero-order chi connectivity index (χ0) is 13.1. The molecule has 0 atom stereocenters. The Balaban J connectivity index is 2.16. The predicted molar refractivity (Wildman–Crippen MR) is 71.6 cm³/mol. The Kier molecular flexibility index (Phi) is 3.94. The Morgan fingerprint density at radius 2 is 1.72 bits per heavy atom. The lowest BCUT2D eigenvalue weighted by molar-refractivity contribution is 0.301. The molecule has 0 saturated carbocycles. The second-order valence-electron chi connectivity index (χ2n) is 3.71. The molecule has 2 N–H and O–H groups in total. The average molecular weight is 286 g/mol. The first-order valence-electron chi connectivity index (χ1n) is 5.18. The summed E-state index contributed by atoms with van der Waals surface area (Å²) in [5.41, 5.74) is 6.53. The minimum absolute atomic E-state index is 0.0386. The van der Waals surface area contributed by atoms with Crippen LogP contribution in [0.5, 0.6) is 5.75 Å². The maximum Gasteiger partial charge on any atom is 0.144 e. The van der Waals surface area contributed by atoms with Gasteiger partial charge in [-0.05, 0) is 30.3 Å². The van der Waals surface area contributed by atoms with Crippen molar-refractivity contribution in [2.24, 2.45) is 0 Å². The van der Waals surface area contributed by atoms with E-state index >= 15 is 0 Å². The van der Waals surface area contributed by atoms with Gasteiger partial charge in [0.15, 0.2) is 0 Å². The van der Waals surface area contributed by atoms with E-state index in [0.29, 0.717) is 27.0 Å². The van der Waals surface area contributed by atoms with E-state index in [2.05, 4.69) is 0 Å². The normalized spacial score (nSPS) is 10.4. The molecule has 0 heterocycles. The lowest BCUT2D eigenvalue weighted by Gasteiger charge is -2.10. The van der Waals surface area contributed by atoms with Gasteiger partial charge < -0.3 is 10.5 Å². The van der Waals surface area contributed by atoms with Crippen LogP contribution in [0.15, 0.2) is 36.4 Å². The quantitative estimate of drug-likeness (QED) is 0.854. The molecule has 94 valence electrons. The van der Waals surface area contributed by atoms with Crippen molar-refractivity contribution in [2.75, 3.05) is 5.73 Å². The highest BCUT2D eigenvalue weighted by atomic mass is 35.5. The van der Waals surface area contributed by atoms with E-state index in [0.717, 1.165) is 0 Å². The molecule has 0 aliphatic carbocycles. The smallest absolute Gasteiger partial charge is 0.144 e. The molecule has 0 unspecified atom stereocenters. The maximum atomic E-state index is 13.5. The number of nitrogen functional groups attached to an aromatic ring is 1. The lowest BCUT2D eigenvalue weighted by Crippen LogP contribution is -2.00. The van der Waals surface area contributed by atoms with Crippen LogP contribution in [-0.2, 0) is 6.61 Å². The summed E-state index contributed by atoms with van der Waals surface area (Å²) >= 11 is 11.6. The van der Waals surface area contributed by atoms with Crippen molar-refractivity contribution >= 4 is 28.9 Å². The molecular formula is C13H10Cl2FNO. The lowest BCUT2D eigenvalue weighted by atomic mass is 10.2. The van der Waals surface area contributed by atoms with E-state index in [1.165, 1.54) is 18.2 Å². The highest BCUT2D eigenvalue weighted by Crippen LogP contribution is 2.26. The van der Waals surface area contributed by atoms with Gasteiger partial charge >= 0.3 is 0 Å². The van der Waals surface area contributed by atoms with Crippen LogP contribution in [-0.4, -0.2) is 0 Å². The van der Waals surface area contributed by atoms with E-state index in [-0.39, 0.29) is 12.4 Å². The van der Waals surface area contributed by atoms with E-state index in [1.54, 1.807) is 18.2 Å². The van der Waals surface area contributed by atoms with Gasteiger partial charge in [0.2, 0.25) is 0 Å². The first kappa shape index (κ1) is 13.0. The fraction of sp³-hybridized carbons (Fsp3) is 0.0769. The molecule has 0 bridgehead atoms. The van der Waals surface area contributed by atoms with E-state index in [4.69, 9.17) is 33.7 Å². The number of rotatable bonds is 3. The van der Waals surface area contributed by atoms with Crippen LogP contribution in [0.4, 0.5) is 10.1 Å². The summed E-state index contributed by atoms with van der Waals surface area (Å²) in [7, 11) is 0. The monoisotopic (exact) mass is 285 g/mol. The molecule has 0 aliphatic heterocycles. The van der Waals surface area contributed by atoms with Gasteiger partial charge in [0.05, 0.1) is 5.69 Å². The van der Waals surface area contributed by atoms with Crippen LogP contribution in [0.1, 0.15) is 5.56 Å². The molecule has 0 spiro atoms. The van der Waals surface area contributed by atoms with Crippen LogP contribution in [0.2, 0.25) is 10.0 Å². The maximum absolute atomic E-state index is 13.5. The Morgan fingerprint density at radius 3 is 2.50 bits per heavy atom. The number of anilines is 1. The van der Waals surface area contributed by atoms with E-state index in [9.17, 15) is 4.39 Å². The van der Waals surface area contributed by atoms with Crippen LogP contribution >= 0.6 is 23.2 Å². The molecule has 0 aliphatic rings. The molecular weight excluding hydrogens is 276 g/mol. The molecule has 2 rings (SSSR count). The first-order chi connectivity index (χ1) is 8.56. The van der Waals surface area contributed by atoms with Crippen molar-refractivity contribution < 1.29 is 9.13 Å². The summed E-state index contributed by atoms with van der Waals surface area (Å²) in [6.07, 6.45) is 0. The standard InChI is InChI=1S/C13H10Cl2FNO/c14-9-1-3-11(16)8(5-9)7-18-13-6-10(15)2-4-12(13)17/h1-6H,7,17H2. The van der Waals surface area contributed by atoms with Crippen LogP contribution in [0.3, 0.4) is 0 Å². The highest BCUT2D eigenvalue weighted by Gasteiger charge is 2.06. The summed E-state index contributed by atoms with van der Waals surface area (Å²) in [6.45, 7) is 0.0386. The molecule has 18 heavy (non-hydrogen) atoms. The topological polar surface area (TPSA) is 35.2 Å². The molecule has 0 saturated heterocycles. The molecule has 2 aromatic rings. The van der Waals surface area contributed by atoms with Crippen molar-refractivity contribution in [3.05, 3.63) is 57.8 Å². The van der Waals surface area contributed by atoms with Gasteiger partial charge in [0.1, 0.15) is 18.2 Å². The third-order valence-electron chi connectivity index (χ3n) is 2.37. The fourth-order valence-electron chi connectivity index (χ4n) is 1.44. The van der Waals surface area contributed by atoms with Gasteiger partial charge in [-0.15, -0.1) is 0 Å². The SMILES string of the molecule is Nc1ccc(Cl)cc1OCc1cc(Cl)ccc1F.